The number of aromatic nitrogens is 2. The molecule has 0 aliphatic carbocycles. The molecular formula is C18H16N4O4S. The number of hydrogen-bond donors (Lipinski definition) is 2. The average molecular weight is 384 g/mol. The van der Waals surface area contributed by atoms with Gasteiger partial charge in [0.1, 0.15) is 5.82 Å². The van der Waals surface area contributed by atoms with Gasteiger partial charge in [-0.3, -0.25) is 14.3 Å². The van der Waals surface area contributed by atoms with Crippen LogP contribution in [-0.4, -0.2) is 28.4 Å². The Labute approximate surface area is 158 Å². The predicted molar refractivity (Wildman–Crippen MR) is 99.2 cm³/mol. The minimum Gasteiger partial charge on any atom is -0.454 e. The highest BCUT2D eigenvalue weighted by molar-refractivity contribution is 7.12. The Hall–Kier alpha value is -3.33. The summed E-state index contributed by atoms with van der Waals surface area (Å²) < 4.78 is 12.1. The number of nitrogens with zero attached hydrogens (tertiary/aromatic N) is 2. The number of nitrogens with one attached hydrogen (secondary N) is 2. The number of carbonyl (C=O) groups excluding carboxylic acids is 2. The van der Waals surface area contributed by atoms with E-state index in [9.17, 15) is 9.59 Å². The molecule has 3 heterocycles. The van der Waals surface area contributed by atoms with Crippen molar-refractivity contribution in [1.29, 1.82) is 0 Å². The lowest BCUT2D eigenvalue weighted by Crippen LogP contribution is -2.23. The molecular weight excluding hydrogens is 368 g/mol. The second-order valence-electron chi connectivity index (χ2n) is 5.84. The van der Waals surface area contributed by atoms with E-state index in [1.54, 1.807) is 25.2 Å². The molecule has 0 radical (unpaired) electrons. The first-order chi connectivity index (χ1) is 13.1. The van der Waals surface area contributed by atoms with Crippen LogP contribution < -0.4 is 20.1 Å². The standard InChI is InChI=1S/C18H16N4O4S/c1-22-16(20-18(24)15-3-2-6-27-15)8-12(21-22)17(23)19-9-11-4-5-13-14(7-11)26-10-25-13/h2-8H,9-10H2,1H3,(H,19,23)(H,20,24). The third kappa shape index (κ3) is 3.63. The normalized spacial score (nSPS) is 12.0. The van der Waals surface area contributed by atoms with Gasteiger partial charge in [-0.25, -0.2) is 0 Å². The van der Waals surface area contributed by atoms with Gasteiger partial charge in [0.05, 0.1) is 4.88 Å². The predicted octanol–water partition coefficient (Wildman–Crippen LogP) is 2.39. The molecule has 1 aromatic carbocycles. The van der Waals surface area contributed by atoms with Gasteiger partial charge in [-0.05, 0) is 29.1 Å². The highest BCUT2D eigenvalue weighted by atomic mass is 32.1. The van der Waals surface area contributed by atoms with Gasteiger partial charge in [0.15, 0.2) is 17.2 Å². The quantitative estimate of drug-likeness (QED) is 0.704. The van der Waals surface area contributed by atoms with Gasteiger partial charge in [0.25, 0.3) is 11.8 Å². The maximum absolute atomic E-state index is 12.4. The van der Waals surface area contributed by atoms with Crippen molar-refractivity contribution in [2.75, 3.05) is 12.1 Å². The van der Waals surface area contributed by atoms with Crippen molar-refractivity contribution in [3.05, 3.63) is 57.9 Å². The molecule has 0 fully saturated rings. The van der Waals surface area contributed by atoms with E-state index < -0.39 is 0 Å². The van der Waals surface area contributed by atoms with E-state index in [1.165, 1.54) is 16.0 Å². The fraction of sp³-hybridized carbons (Fsp3) is 0.167. The summed E-state index contributed by atoms with van der Waals surface area (Å²) in [5.41, 5.74) is 1.11. The van der Waals surface area contributed by atoms with Crippen molar-refractivity contribution in [2.24, 2.45) is 7.05 Å². The van der Waals surface area contributed by atoms with E-state index in [0.717, 1.165) is 5.56 Å². The zero-order chi connectivity index (χ0) is 18.8. The molecule has 0 saturated carbocycles. The van der Waals surface area contributed by atoms with Gasteiger partial charge in [0, 0.05) is 19.7 Å². The maximum atomic E-state index is 12.4. The topological polar surface area (TPSA) is 94.5 Å². The highest BCUT2D eigenvalue weighted by Crippen LogP contribution is 2.32. The first-order valence-corrected chi connectivity index (χ1v) is 9.04. The third-order valence-corrected chi connectivity index (χ3v) is 4.86. The number of amides is 2. The number of thiophene rings is 1. The summed E-state index contributed by atoms with van der Waals surface area (Å²) in [6.07, 6.45) is 0. The Balaban J connectivity index is 1.40. The minimum atomic E-state index is -0.333. The number of rotatable bonds is 5. The fourth-order valence-electron chi connectivity index (χ4n) is 2.60. The average Bonchev–Trinajstić information content (AvgIpc) is 3.40. The Kier molecular flexibility index (Phi) is 4.51. The third-order valence-electron chi connectivity index (χ3n) is 3.99. The summed E-state index contributed by atoms with van der Waals surface area (Å²) in [6, 6.07) is 10.6. The van der Waals surface area contributed by atoms with Gasteiger partial charge in [-0.1, -0.05) is 12.1 Å². The first-order valence-electron chi connectivity index (χ1n) is 8.16. The molecule has 27 heavy (non-hydrogen) atoms. The van der Waals surface area contributed by atoms with Crippen LogP contribution in [0.2, 0.25) is 0 Å². The molecule has 1 aliphatic rings. The summed E-state index contributed by atoms with van der Waals surface area (Å²) in [4.78, 5) is 25.1. The van der Waals surface area contributed by atoms with E-state index in [0.29, 0.717) is 28.7 Å². The molecule has 3 aromatic rings. The van der Waals surface area contributed by atoms with Gasteiger partial charge in [-0.15, -0.1) is 11.3 Å². The Morgan fingerprint density at radius 1 is 1.19 bits per heavy atom. The number of fused-ring (bicyclic) bond motifs is 1. The van der Waals surface area contributed by atoms with Crippen LogP contribution in [0.15, 0.2) is 41.8 Å². The van der Waals surface area contributed by atoms with Gasteiger partial charge >= 0.3 is 0 Å². The van der Waals surface area contributed by atoms with E-state index in [2.05, 4.69) is 15.7 Å². The van der Waals surface area contributed by atoms with Crippen molar-refractivity contribution in [3.63, 3.8) is 0 Å². The lowest BCUT2D eigenvalue weighted by Gasteiger charge is -2.04. The Bertz CT molecular complexity index is 997. The zero-order valence-corrected chi connectivity index (χ0v) is 15.2. The summed E-state index contributed by atoms with van der Waals surface area (Å²) in [6.45, 7) is 0.530. The molecule has 0 atom stereocenters. The van der Waals surface area contributed by atoms with Crippen LogP contribution in [0.5, 0.6) is 11.5 Å². The summed E-state index contributed by atoms with van der Waals surface area (Å²) in [7, 11) is 1.67. The highest BCUT2D eigenvalue weighted by Gasteiger charge is 2.17. The van der Waals surface area contributed by atoms with Crippen molar-refractivity contribution < 1.29 is 19.1 Å². The number of ether oxygens (including phenoxy) is 2. The lowest BCUT2D eigenvalue weighted by atomic mass is 10.2. The summed E-state index contributed by atoms with van der Waals surface area (Å²) in [5.74, 6) is 1.24. The van der Waals surface area contributed by atoms with Crippen LogP contribution in [0.25, 0.3) is 0 Å². The Morgan fingerprint density at radius 3 is 2.85 bits per heavy atom. The molecule has 0 spiro atoms. The zero-order valence-electron chi connectivity index (χ0n) is 14.4. The van der Waals surface area contributed by atoms with Crippen molar-refractivity contribution >= 4 is 29.0 Å². The second-order valence-corrected chi connectivity index (χ2v) is 6.79. The van der Waals surface area contributed by atoms with Crippen molar-refractivity contribution in [3.8, 4) is 11.5 Å². The summed E-state index contributed by atoms with van der Waals surface area (Å²) >= 11 is 1.34. The van der Waals surface area contributed by atoms with E-state index in [1.807, 2.05) is 23.6 Å². The van der Waals surface area contributed by atoms with Gasteiger partial charge in [0.2, 0.25) is 6.79 Å². The number of hydrogen-bond acceptors (Lipinski definition) is 6. The van der Waals surface area contributed by atoms with Gasteiger partial charge < -0.3 is 20.1 Å². The molecule has 4 rings (SSSR count). The van der Waals surface area contributed by atoms with E-state index in [4.69, 9.17) is 9.47 Å². The number of aryl methyl sites for hydroxylation is 1. The molecule has 2 aromatic heterocycles. The number of benzene rings is 1. The molecule has 0 bridgehead atoms. The van der Waals surface area contributed by atoms with Crippen LogP contribution in [0.3, 0.4) is 0 Å². The van der Waals surface area contributed by atoms with E-state index >= 15 is 0 Å². The van der Waals surface area contributed by atoms with Crippen LogP contribution >= 0.6 is 11.3 Å². The maximum Gasteiger partial charge on any atom is 0.272 e. The molecule has 1 aliphatic heterocycles. The largest absolute Gasteiger partial charge is 0.454 e. The van der Waals surface area contributed by atoms with Crippen LogP contribution in [0.4, 0.5) is 5.82 Å². The molecule has 2 N–H and O–H groups in total. The summed E-state index contributed by atoms with van der Waals surface area (Å²) in [5, 5.41) is 11.5. The van der Waals surface area contributed by atoms with Gasteiger partial charge in [-0.2, -0.15) is 5.10 Å². The number of anilines is 1. The van der Waals surface area contributed by atoms with Crippen LogP contribution in [-0.2, 0) is 13.6 Å². The van der Waals surface area contributed by atoms with Crippen molar-refractivity contribution in [1.82, 2.24) is 15.1 Å². The lowest BCUT2D eigenvalue weighted by molar-refractivity contribution is 0.0944. The molecule has 0 unspecified atom stereocenters. The molecule has 8 nitrogen and oxygen atoms in total. The smallest absolute Gasteiger partial charge is 0.272 e. The molecule has 0 saturated heterocycles. The fourth-order valence-corrected chi connectivity index (χ4v) is 3.22. The first kappa shape index (κ1) is 17.1. The molecule has 9 heteroatoms. The molecule has 2 amide bonds. The Morgan fingerprint density at radius 2 is 2.04 bits per heavy atom. The molecule has 138 valence electrons. The van der Waals surface area contributed by atoms with Crippen LogP contribution in [0.1, 0.15) is 25.7 Å². The number of carbonyl (C=O) groups is 2. The SMILES string of the molecule is Cn1nc(C(=O)NCc2ccc3c(c2)OCO3)cc1NC(=O)c1cccs1. The second kappa shape index (κ2) is 7.12. The van der Waals surface area contributed by atoms with E-state index in [-0.39, 0.29) is 24.3 Å². The monoisotopic (exact) mass is 384 g/mol. The van der Waals surface area contributed by atoms with Crippen molar-refractivity contribution in [2.45, 2.75) is 6.54 Å². The van der Waals surface area contributed by atoms with Crippen LogP contribution in [0, 0.1) is 0 Å². The minimum absolute atomic E-state index is 0.207.